The van der Waals surface area contributed by atoms with Gasteiger partial charge in [0, 0.05) is 11.1 Å². The summed E-state index contributed by atoms with van der Waals surface area (Å²) in [7, 11) is 0. The molecule has 2 rings (SSSR count). The molecule has 0 saturated heterocycles. The molecule has 0 aliphatic carbocycles. The molecule has 94 valence electrons. The smallest absolute Gasteiger partial charge is 0.145 e. The van der Waals surface area contributed by atoms with Gasteiger partial charge in [-0.1, -0.05) is 17.7 Å². The lowest BCUT2D eigenvalue weighted by Gasteiger charge is -2.10. The SMILES string of the molecule is CCOc1cc(Oc2cccc(Cl)c2)ccc1N. The van der Waals surface area contributed by atoms with Gasteiger partial charge in [-0.2, -0.15) is 0 Å². The Morgan fingerprint density at radius 1 is 1.11 bits per heavy atom. The van der Waals surface area contributed by atoms with E-state index in [1.54, 1.807) is 30.3 Å². The van der Waals surface area contributed by atoms with Crippen LogP contribution in [0.1, 0.15) is 6.92 Å². The van der Waals surface area contributed by atoms with Crippen LogP contribution in [-0.2, 0) is 0 Å². The van der Waals surface area contributed by atoms with Crippen LogP contribution in [0.15, 0.2) is 42.5 Å². The number of halogens is 1. The quantitative estimate of drug-likeness (QED) is 0.844. The third-order valence-electron chi connectivity index (χ3n) is 2.32. The number of nitrogens with two attached hydrogens (primary N) is 1. The number of hydrogen-bond acceptors (Lipinski definition) is 3. The van der Waals surface area contributed by atoms with Gasteiger partial charge in [0.1, 0.15) is 17.2 Å². The molecule has 0 saturated carbocycles. The molecule has 2 aromatic rings. The highest BCUT2D eigenvalue weighted by atomic mass is 35.5. The molecule has 0 aliphatic rings. The Labute approximate surface area is 111 Å². The van der Waals surface area contributed by atoms with Crippen molar-refractivity contribution in [2.24, 2.45) is 0 Å². The third-order valence-corrected chi connectivity index (χ3v) is 2.55. The van der Waals surface area contributed by atoms with Crippen molar-refractivity contribution in [2.75, 3.05) is 12.3 Å². The number of rotatable bonds is 4. The van der Waals surface area contributed by atoms with E-state index in [-0.39, 0.29) is 0 Å². The molecule has 18 heavy (non-hydrogen) atoms. The van der Waals surface area contributed by atoms with Crippen molar-refractivity contribution >= 4 is 17.3 Å². The predicted molar refractivity (Wildman–Crippen MR) is 73.5 cm³/mol. The first-order valence-corrected chi connectivity index (χ1v) is 6.02. The van der Waals surface area contributed by atoms with Gasteiger partial charge in [-0.25, -0.2) is 0 Å². The number of benzene rings is 2. The minimum absolute atomic E-state index is 0.560. The molecule has 0 unspecified atom stereocenters. The van der Waals surface area contributed by atoms with Gasteiger partial charge in [0.05, 0.1) is 12.3 Å². The van der Waals surface area contributed by atoms with E-state index in [9.17, 15) is 0 Å². The predicted octanol–water partition coefficient (Wildman–Crippen LogP) is 4.11. The Hall–Kier alpha value is -1.87. The Bertz CT molecular complexity index is 543. The lowest BCUT2D eigenvalue weighted by Crippen LogP contribution is -1.97. The van der Waals surface area contributed by atoms with Crippen molar-refractivity contribution < 1.29 is 9.47 Å². The van der Waals surface area contributed by atoms with Crippen LogP contribution in [0.5, 0.6) is 17.2 Å². The highest BCUT2D eigenvalue weighted by Crippen LogP contribution is 2.30. The second kappa shape index (κ2) is 5.65. The van der Waals surface area contributed by atoms with E-state index in [1.165, 1.54) is 0 Å². The van der Waals surface area contributed by atoms with Crippen molar-refractivity contribution in [1.82, 2.24) is 0 Å². The van der Waals surface area contributed by atoms with Crippen LogP contribution in [0.3, 0.4) is 0 Å². The molecule has 2 aromatic carbocycles. The average Bonchev–Trinajstić information content (AvgIpc) is 2.34. The topological polar surface area (TPSA) is 44.5 Å². The van der Waals surface area contributed by atoms with Crippen LogP contribution in [0.25, 0.3) is 0 Å². The summed E-state index contributed by atoms with van der Waals surface area (Å²) < 4.78 is 11.1. The van der Waals surface area contributed by atoms with Crippen molar-refractivity contribution in [3.8, 4) is 17.2 Å². The van der Waals surface area contributed by atoms with Crippen molar-refractivity contribution in [3.63, 3.8) is 0 Å². The molecule has 0 aliphatic heterocycles. The molecular weight excluding hydrogens is 250 g/mol. The van der Waals surface area contributed by atoms with Gasteiger partial charge in [-0.3, -0.25) is 0 Å². The van der Waals surface area contributed by atoms with Gasteiger partial charge in [-0.15, -0.1) is 0 Å². The number of ether oxygens (including phenoxy) is 2. The second-order valence-corrected chi connectivity index (χ2v) is 4.13. The van der Waals surface area contributed by atoms with Crippen LogP contribution in [0.4, 0.5) is 5.69 Å². The summed E-state index contributed by atoms with van der Waals surface area (Å²) in [5, 5.41) is 0.632. The largest absolute Gasteiger partial charge is 0.492 e. The molecule has 0 heterocycles. The van der Waals surface area contributed by atoms with E-state index < -0.39 is 0 Å². The minimum atomic E-state index is 0.560. The molecule has 3 nitrogen and oxygen atoms in total. The van der Waals surface area contributed by atoms with Gasteiger partial charge in [0.15, 0.2) is 0 Å². The lowest BCUT2D eigenvalue weighted by atomic mass is 10.3. The van der Waals surface area contributed by atoms with E-state index in [0.717, 1.165) is 0 Å². The molecule has 0 aromatic heterocycles. The summed E-state index contributed by atoms with van der Waals surface area (Å²) in [6.07, 6.45) is 0. The van der Waals surface area contributed by atoms with Crippen LogP contribution < -0.4 is 15.2 Å². The first-order valence-electron chi connectivity index (χ1n) is 5.65. The second-order valence-electron chi connectivity index (χ2n) is 3.69. The summed E-state index contributed by atoms with van der Waals surface area (Å²) in [5.74, 6) is 1.96. The van der Waals surface area contributed by atoms with E-state index in [1.807, 2.05) is 19.1 Å². The standard InChI is InChI=1S/C14H14ClNO2/c1-2-17-14-9-12(6-7-13(14)16)18-11-5-3-4-10(15)8-11/h3-9H,2,16H2,1H3. The van der Waals surface area contributed by atoms with Gasteiger partial charge < -0.3 is 15.2 Å². The zero-order valence-electron chi connectivity index (χ0n) is 10.0. The van der Waals surface area contributed by atoms with Crippen LogP contribution in [-0.4, -0.2) is 6.61 Å². The zero-order valence-corrected chi connectivity index (χ0v) is 10.8. The van der Waals surface area contributed by atoms with Crippen LogP contribution in [0.2, 0.25) is 5.02 Å². The van der Waals surface area contributed by atoms with Crippen LogP contribution >= 0.6 is 11.6 Å². The summed E-state index contributed by atoms with van der Waals surface area (Å²) in [6, 6.07) is 12.5. The highest BCUT2D eigenvalue weighted by Gasteiger charge is 2.04. The molecule has 0 spiro atoms. The monoisotopic (exact) mass is 263 g/mol. The van der Waals surface area contributed by atoms with E-state index in [4.69, 9.17) is 26.8 Å². The minimum Gasteiger partial charge on any atom is -0.492 e. The van der Waals surface area contributed by atoms with Gasteiger partial charge in [0.2, 0.25) is 0 Å². The maximum Gasteiger partial charge on any atom is 0.145 e. The summed E-state index contributed by atoms with van der Waals surface area (Å²) in [4.78, 5) is 0. The van der Waals surface area contributed by atoms with Crippen molar-refractivity contribution in [2.45, 2.75) is 6.92 Å². The Morgan fingerprint density at radius 3 is 2.61 bits per heavy atom. The molecule has 0 radical (unpaired) electrons. The lowest BCUT2D eigenvalue weighted by molar-refractivity contribution is 0.340. The Kier molecular flexibility index (Phi) is 3.95. The fourth-order valence-corrected chi connectivity index (χ4v) is 1.71. The van der Waals surface area contributed by atoms with E-state index >= 15 is 0 Å². The first kappa shape index (κ1) is 12.6. The summed E-state index contributed by atoms with van der Waals surface area (Å²) >= 11 is 5.89. The number of anilines is 1. The fourth-order valence-electron chi connectivity index (χ4n) is 1.53. The molecule has 0 fully saturated rings. The Morgan fingerprint density at radius 2 is 1.89 bits per heavy atom. The van der Waals surface area contributed by atoms with Crippen LogP contribution in [0, 0.1) is 0 Å². The number of hydrogen-bond donors (Lipinski definition) is 1. The van der Waals surface area contributed by atoms with Crippen molar-refractivity contribution in [1.29, 1.82) is 0 Å². The maximum atomic E-state index is 5.89. The summed E-state index contributed by atoms with van der Waals surface area (Å²) in [6.45, 7) is 2.47. The summed E-state index contributed by atoms with van der Waals surface area (Å²) in [5.41, 5.74) is 6.38. The zero-order chi connectivity index (χ0) is 13.0. The Balaban J connectivity index is 2.21. The van der Waals surface area contributed by atoms with Crippen molar-refractivity contribution in [3.05, 3.63) is 47.5 Å². The van der Waals surface area contributed by atoms with Gasteiger partial charge in [-0.05, 0) is 37.3 Å². The van der Waals surface area contributed by atoms with Gasteiger partial charge in [0.25, 0.3) is 0 Å². The van der Waals surface area contributed by atoms with E-state index in [2.05, 4.69) is 0 Å². The number of nitrogen functional groups attached to an aromatic ring is 1. The average molecular weight is 264 g/mol. The third kappa shape index (κ3) is 3.08. The van der Waals surface area contributed by atoms with E-state index in [0.29, 0.717) is 34.6 Å². The molecule has 0 bridgehead atoms. The molecule has 2 N–H and O–H groups in total. The maximum absolute atomic E-state index is 5.89. The fraction of sp³-hybridized carbons (Fsp3) is 0.143. The molecule has 0 atom stereocenters. The highest BCUT2D eigenvalue weighted by molar-refractivity contribution is 6.30. The molecular formula is C14H14ClNO2. The molecule has 0 amide bonds. The van der Waals surface area contributed by atoms with Gasteiger partial charge >= 0.3 is 0 Å². The molecule has 4 heteroatoms. The first-order chi connectivity index (χ1) is 8.69. The normalized spacial score (nSPS) is 10.1.